The van der Waals surface area contributed by atoms with E-state index >= 15 is 0 Å². The molecule has 0 radical (unpaired) electrons. The first kappa shape index (κ1) is 15.3. The summed E-state index contributed by atoms with van der Waals surface area (Å²) in [6.45, 7) is 5.58. The number of carbonyl (C=O) groups excluding carboxylic acids is 1. The number of hydrogen-bond acceptors (Lipinski definition) is 4. The van der Waals surface area contributed by atoms with Crippen LogP contribution in [0.5, 0.6) is 5.75 Å². The van der Waals surface area contributed by atoms with Gasteiger partial charge in [0, 0.05) is 18.5 Å². The molecule has 0 spiro atoms. The average molecular weight is 303 g/mol. The third-order valence-electron chi connectivity index (χ3n) is 4.83. The van der Waals surface area contributed by atoms with Gasteiger partial charge < -0.3 is 10.1 Å². The van der Waals surface area contributed by atoms with E-state index in [9.17, 15) is 4.79 Å². The van der Waals surface area contributed by atoms with Crippen molar-refractivity contribution >= 4 is 5.91 Å². The van der Waals surface area contributed by atoms with Crippen molar-refractivity contribution in [3.63, 3.8) is 0 Å². The lowest BCUT2D eigenvalue weighted by Gasteiger charge is -2.26. The molecule has 1 aromatic rings. The monoisotopic (exact) mass is 303 g/mol. The van der Waals surface area contributed by atoms with Gasteiger partial charge in [0.2, 0.25) is 5.91 Å². The Morgan fingerprint density at radius 3 is 2.95 bits per heavy atom. The average Bonchev–Trinajstić information content (AvgIpc) is 2.93. The Morgan fingerprint density at radius 1 is 1.36 bits per heavy atom. The highest BCUT2D eigenvalue weighted by Crippen LogP contribution is 2.26. The van der Waals surface area contributed by atoms with Gasteiger partial charge in [0.25, 0.3) is 0 Å². The summed E-state index contributed by atoms with van der Waals surface area (Å²) in [6, 6.07) is 8.34. The number of hydrogen-bond donors (Lipinski definition) is 3. The maximum absolute atomic E-state index is 12.4. The van der Waals surface area contributed by atoms with Crippen molar-refractivity contribution in [2.45, 2.75) is 38.8 Å². The summed E-state index contributed by atoms with van der Waals surface area (Å²) in [4.78, 5) is 12.4. The van der Waals surface area contributed by atoms with Crippen molar-refractivity contribution < 1.29 is 9.53 Å². The van der Waals surface area contributed by atoms with Crippen LogP contribution < -0.4 is 20.9 Å². The summed E-state index contributed by atoms with van der Waals surface area (Å²) in [6.07, 6.45) is 1.98. The fourth-order valence-electron chi connectivity index (χ4n) is 3.35. The van der Waals surface area contributed by atoms with Gasteiger partial charge in [-0.3, -0.25) is 10.2 Å². The molecule has 2 aliphatic heterocycles. The number of benzene rings is 1. The third kappa shape index (κ3) is 3.10. The van der Waals surface area contributed by atoms with Gasteiger partial charge >= 0.3 is 0 Å². The molecule has 1 aromatic carbocycles. The number of amides is 1. The molecule has 22 heavy (non-hydrogen) atoms. The Bertz CT molecular complexity index is 534. The highest BCUT2D eigenvalue weighted by atomic mass is 16.5. The fourth-order valence-corrected chi connectivity index (χ4v) is 3.35. The Hall–Kier alpha value is -1.59. The van der Waals surface area contributed by atoms with E-state index in [2.05, 4.69) is 36.1 Å². The van der Waals surface area contributed by atoms with Gasteiger partial charge in [0.05, 0.1) is 6.61 Å². The Kier molecular flexibility index (Phi) is 4.64. The summed E-state index contributed by atoms with van der Waals surface area (Å²) in [7, 11) is 0. The molecule has 1 saturated heterocycles. The molecule has 0 aromatic heterocycles. The van der Waals surface area contributed by atoms with E-state index in [1.807, 2.05) is 18.2 Å². The summed E-state index contributed by atoms with van der Waals surface area (Å²) >= 11 is 0. The molecule has 2 aliphatic rings. The maximum Gasteiger partial charge on any atom is 0.238 e. The molecule has 1 fully saturated rings. The van der Waals surface area contributed by atoms with Crippen molar-refractivity contribution in [3.05, 3.63) is 29.8 Å². The van der Waals surface area contributed by atoms with Crippen LogP contribution in [0.1, 0.15) is 25.8 Å². The molecule has 1 amide bonds. The Labute approximate surface area is 131 Å². The zero-order valence-corrected chi connectivity index (χ0v) is 13.3. The van der Waals surface area contributed by atoms with Crippen LogP contribution in [0.2, 0.25) is 0 Å². The smallest absolute Gasteiger partial charge is 0.238 e. The molecule has 120 valence electrons. The molecular formula is C17H25N3O2. The van der Waals surface area contributed by atoms with Crippen LogP contribution in [0.3, 0.4) is 0 Å². The molecule has 2 heterocycles. The normalized spacial score (nSPS) is 30.5. The molecule has 5 heteroatoms. The summed E-state index contributed by atoms with van der Waals surface area (Å²) in [5.74, 6) is 1.69. The largest absolute Gasteiger partial charge is 0.493 e. The van der Waals surface area contributed by atoms with E-state index in [4.69, 9.17) is 4.74 Å². The van der Waals surface area contributed by atoms with Crippen LogP contribution in [0.15, 0.2) is 24.3 Å². The van der Waals surface area contributed by atoms with Crippen LogP contribution in [-0.4, -0.2) is 31.1 Å². The van der Waals surface area contributed by atoms with Gasteiger partial charge in [-0.15, -0.1) is 0 Å². The first-order valence-electron chi connectivity index (χ1n) is 8.18. The van der Waals surface area contributed by atoms with Gasteiger partial charge in [-0.2, -0.15) is 0 Å². The second kappa shape index (κ2) is 6.67. The highest BCUT2D eigenvalue weighted by molar-refractivity contribution is 5.82. The molecular weight excluding hydrogens is 278 g/mol. The highest BCUT2D eigenvalue weighted by Gasteiger charge is 2.36. The van der Waals surface area contributed by atoms with E-state index in [0.717, 1.165) is 18.6 Å². The standard InChI is InChI=1S/C17H25N3O2/c1-3-14-11(2)16(20-19-14)17(21)18-9-12-8-13-6-4-5-7-15(13)22-10-12/h4-7,11-12,14,16,19-20H,3,8-10H2,1-2H3,(H,18,21). The minimum Gasteiger partial charge on any atom is -0.493 e. The van der Waals surface area contributed by atoms with E-state index < -0.39 is 0 Å². The van der Waals surface area contributed by atoms with Gasteiger partial charge in [-0.05, 0) is 30.4 Å². The quantitative estimate of drug-likeness (QED) is 0.783. The first-order valence-corrected chi connectivity index (χ1v) is 8.18. The van der Waals surface area contributed by atoms with Crippen molar-refractivity contribution in [2.24, 2.45) is 11.8 Å². The summed E-state index contributed by atoms with van der Waals surface area (Å²) in [5.41, 5.74) is 7.55. The molecule has 0 saturated carbocycles. The lowest BCUT2D eigenvalue weighted by atomic mass is 9.93. The predicted molar refractivity (Wildman–Crippen MR) is 85.4 cm³/mol. The topological polar surface area (TPSA) is 62.4 Å². The van der Waals surface area contributed by atoms with Crippen LogP contribution in [0.4, 0.5) is 0 Å². The van der Waals surface area contributed by atoms with Gasteiger partial charge in [0.1, 0.15) is 11.8 Å². The van der Waals surface area contributed by atoms with Crippen LogP contribution in [0, 0.1) is 11.8 Å². The minimum absolute atomic E-state index is 0.0785. The lowest BCUT2D eigenvalue weighted by Crippen LogP contribution is -2.47. The molecule has 4 atom stereocenters. The predicted octanol–water partition coefficient (Wildman–Crippen LogP) is 1.24. The minimum atomic E-state index is -0.151. The first-order chi connectivity index (χ1) is 10.7. The van der Waals surface area contributed by atoms with E-state index in [1.165, 1.54) is 5.56 Å². The zero-order chi connectivity index (χ0) is 15.5. The Morgan fingerprint density at radius 2 is 2.18 bits per heavy atom. The van der Waals surface area contributed by atoms with Crippen LogP contribution in [-0.2, 0) is 11.2 Å². The number of rotatable bonds is 4. The number of ether oxygens (including phenoxy) is 1. The number of hydrazine groups is 1. The fraction of sp³-hybridized carbons (Fsp3) is 0.588. The van der Waals surface area contributed by atoms with Crippen molar-refractivity contribution in [2.75, 3.05) is 13.2 Å². The molecule has 5 nitrogen and oxygen atoms in total. The van der Waals surface area contributed by atoms with E-state index in [1.54, 1.807) is 0 Å². The zero-order valence-electron chi connectivity index (χ0n) is 13.3. The number of para-hydroxylation sites is 1. The van der Waals surface area contributed by atoms with Crippen molar-refractivity contribution in [1.29, 1.82) is 0 Å². The summed E-state index contributed by atoms with van der Waals surface area (Å²) < 4.78 is 5.77. The second-order valence-corrected chi connectivity index (χ2v) is 6.37. The molecule has 3 rings (SSSR count). The van der Waals surface area contributed by atoms with E-state index in [-0.39, 0.29) is 11.9 Å². The SMILES string of the molecule is CCC1NNC(C(=O)NCC2COc3ccccc3C2)C1C. The van der Waals surface area contributed by atoms with Gasteiger partial charge in [-0.25, -0.2) is 5.43 Å². The molecule has 4 unspecified atom stereocenters. The lowest BCUT2D eigenvalue weighted by molar-refractivity contribution is -0.123. The van der Waals surface area contributed by atoms with Crippen LogP contribution >= 0.6 is 0 Å². The number of carbonyl (C=O) groups is 1. The van der Waals surface area contributed by atoms with E-state index in [0.29, 0.717) is 31.0 Å². The molecule has 3 N–H and O–H groups in total. The number of fused-ring (bicyclic) bond motifs is 1. The van der Waals surface area contributed by atoms with Gasteiger partial charge in [0.15, 0.2) is 0 Å². The second-order valence-electron chi connectivity index (χ2n) is 6.37. The molecule has 0 aliphatic carbocycles. The van der Waals surface area contributed by atoms with Gasteiger partial charge in [-0.1, -0.05) is 32.0 Å². The van der Waals surface area contributed by atoms with Crippen molar-refractivity contribution in [3.8, 4) is 5.75 Å². The number of nitrogens with one attached hydrogen (secondary N) is 3. The third-order valence-corrected chi connectivity index (χ3v) is 4.83. The van der Waals surface area contributed by atoms with Crippen molar-refractivity contribution in [1.82, 2.24) is 16.2 Å². The molecule has 0 bridgehead atoms. The van der Waals surface area contributed by atoms with Crippen LogP contribution in [0.25, 0.3) is 0 Å². The maximum atomic E-state index is 12.4. The summed E-state index contributed by atoms with van der Waals surface area (Å²) in [5, 5.41) is 3.08. The Balaban J connectivity index is 1.50.